The van der Waals surface area contributed by atoms with Crippen molar-refractivity contribution in [2.24, 2.45) is 5.92 Å². The summed E-state index contributed by atoms with van der Waals surface area (Å²) in [5, 5.41) is 0. The number of carbonyl (C=O) groups is 1. The third kappa shape index (κ3) is 6.92. The summed E-state index contributed by atoms with van der Waals surface area (Å²) < 4.78 is 11.4. The highest BCUT2D eigenvalue weighted by Gasteiger charge is 2.34. The molecule has 7 nitrogen and oxygen atoms in total. The van der Waals surface area contributed by atoms with E-state index in [4.69, 9.17) is 19.4 Å². The van der Waals surface area contributed by atoms with Crippen LogP contribution in [0.25, 0.3) is 90.9 Å². The average molecular weight is 785 g/mol. The smallest absolute Gasteiger partial charge is 0.166 e. The summed E-state index contributed by atoms with van der Waals surface area (Å²) in [6.45, 7) is 0. The predicted molar refractivity (Wildman–Crippen MR) is 244 cm³/mol. The minimum absolute atomic E-state index is 0.00874. The summed E-state index contributed by atoms with van der Waals surface area (Å²) >= 11 is 0. The lowest BCUT2D eigenvalue weighted by atomic mass is 9.80. The fourth-order valence-electron chi connectivity index (χ4n) is 9.13. The van der Waals surface area contributed by atoms with E-state index < -0.39 is 0 Å². The number of hydrogen-bond acceptors (Lipinski definition) is 5. The number of benzene rings is 4. The number of ether oxygens (including phenoxy) is 2. The quantitative estimate of drug-likeness (QED) is 0.150. The van der Waals surface area contributed by atoms with Gasteiger partial charge in [-0.15, -0.1) is 0 Å². The minimum atomic E-state index is -0.119. The molecule has 294 valence electrons. The van der Waals surface area contributed by atoms with Gasteiger partial charge in [-0.25, -0.2) is 9.97 Å². The maximum Gasteiger partial charge on any atom is 0.166 e. The molecule has 1 aliphatic carbocycles. The first kappa shape index (κ1) is 37.3. The summed E-state index contributed by atoms with van der Waals surface area (Å²) in [7, 11) is 3.41. The van der Waals surface area contributed by atoms with E-state index in [0.29, 0.717) is 12.0 Å². The fourth-order valence-corrected chi connectivity index (χ4v) is 9.13. The van der Waals surface area contributed by atoms with Crippen LogP contribution in [0.4, 0.5) is 0 Å². The molecule has 2 N–H and O–H groups in total. The Bertz CT molecular complexity index is 2910. The SMILES string of the molecule is COC1CCC(C(=O)c2ccc(-c3c4nc(c(-c5ccccc5)c5ccc([nH]5)c(-c5ccccc5)c5nc(c(-c6ccccc6)c6ccc3[nH]6)C=C5)C=C4)cc2)CC1OC. The molecule has 1 fully saturated rings. The lowest BCUT2D eigenvalue weighted by molar-refractivity contribution is -0.0666. The molecule has 0 radical (unpaired) electrons. The van der Waals surface area contributed by atoms with E-state index in [-0.39, 0.29) is 23.9 Å². The number of fused-ring (bicyclic) bond motifs is 8. The number of Topliss-reactive ketones (excluding diaryl/α,β-unsaturated/α-hetero) is 1. The molecule has 3 atom stereocenters. The van der Waals surface area contributed by atoms with Gasteiger partial charge in [-0.3, -0.25) is 4.79 Å². The van der Waals surface area contributed by atoms with Gasteiger partial charge in [0.25, 0.3) is 0 Å². The van der Waals surface area contributed by atoms with E-state index in [1.54, 1.807) is 14.2 Å². The van der Waals surface area contributed by atoms with Crippen LogP contribution in [-0.2, 0) is 9.47 Å². The number of ketones is 1. The second-order valence-electron chi connectivity index (χ2n) is 15.6. The first-order chi connectivity index (χ1) is 29.6. The highest BCUT2D eigenvalue weighted by Crippen LogP contribution is 2.39. The van der Waals surface area contributed by atoms with Gasteiger partial charge in [-0.1, -0.05) is 115 Å². The molecular formula is C53H44N4O3. The average Bonchev–Trinajstić information content (AvgIpc) is 4.16. The summed E-state index contributed by atoms with van der Waals surface area (Å²) in [6.07, 6.45) is 10.6. The first-order valence-electron chi connectivity index (χ1n) is 20.6. The van der Waals surface area contributed by atoms with E-state index in [9.17, 15) is 4.79 Å². The molecule has 7 heteroatoms. The van der Waals surface area contributed by atoms with Crippen LogP contribution in [0, 0.1) is 5.92 Å². The molecule has 4 aromatic carbocycles. The molecule has 0 saturated heterocycles. The van der Waals surface area contributed by atoms with E-state index in [2.05, 4.69) is 143 Å². The number of nitrogens with zero attached hydrogens (tertiary/aromatic N) is 2. The summed E-state index contributed by atoms with van der Waals surface area (Å²) in [5.74, 6) is 0.0209. The number of hydrogen-bond donors (Lipinski definition) is 2. The molecular weight excluding hydrogens is 741 g/mol. The van der Waals surface area contributed by atoms with Gasteiger partial charge >= 0.3 is 0 Å². The molecule has 0 spiro atoms. The van der Waals surface area contributed by atoms with Crippen molar-refractivity contribution in [3.63, 3.8) is 0 Å². The second-order valence-corrected chi connectivity index (χ2v) is 15.6. The molecule has 3 aliphatic rings. The first-order valence-corrected chi connectivity index (χ1v) is 20.6. The van der Waals surface area contributed by atoms with Crippen LogP contribution in [0.5, 0.6) is 0 Å². The number of rotatable bonds is 8. The van der Waals surface area contributed by atoms with Crippen LogP contribution < -0.4 is 0 Å². The van der Waals surface area contributed by atoms with Crippen molar-refractivity contribution in [2.75, 3.05) is 14.2 Å². The molecule has 3 aromatic heterocycles. The number of H-pyrrole nitrogens is 2. The van der Waals surface area contributed by atoms with E-state index in [1.807, 2.05) is 30.3 Å². The largest absolute Gasteiger partial charge is 0.379 e. The van der Waals surface area contributed by atoms with Gasteiger partial charge in [-0.2, -0.15) is 0 Å². The van der Waals surface area contributed by atoms with Crippen LogP contribution in [0.1, 0.15) is 52.4 Å². The van der Waals surface area contributed by atoms with Gasteiger partial charge in [0.1, 0.15) is 0 Å². The zero-order valence-corrected chi connectivity index (χ0v) is 33.6. The van der Waals surface area contributed by atoms with E-state index in [0.717, 1.165) is 102 Å². The molecule has 7 aromatic rings. The van der Waals surface area contributed by atoms with E-state index in [1.165, 1.54) is 0 Å². The molecule has 10 rings (SSSR count). The Kier molecular flexibility index (Phi) is 9.97. The molecule has 3 unspecified atom stereocenters. The zero-order chi connectivity index (χ0) is 40.6. The Balaban J connectivity index is 1.23. The predicted octanol–water partition coefficient (Wildman–Crippen LogP) is 12.3. The maximum absolute atomic E-state index is 13.9. The molecule has 8 bridgehead atoms. The zero-order valence-electron chi connectivity index (χ0n) is 33.6. The number of nitrogens with one attached hydrogen (secondary N) is 2. The minimum Gasteiger partial charge on any atom is -0.379 e. The summed E-state index contributed by atoms with van der Waals surface area (Å²) in [5.41, 5.74) is 15.9. The van der Waals surface area contributed by atoms with Crippen LogP contribution in [0.15, 0.2) is 140 Å². The third-order valence-electron chi connectivity index (χ3n) is 12.1. The van der Waals surface area contributed by atoms with Crippen molar-refractivity contribution in [2.45, 2.75) is 31.5 Å². The Morgan fingerprint density at radius 3 is 1.20 bits per heavy atom. The topological polar surface area (TPSA) is 92.9 Å². The molecule has 0 amide bonds. The van der Waals surface area contributed by atoms with Gasteiger partial charge < -0.3 is 19.4 Å². The highest BCUT2D eigenvalue weighted by atomic mass is 16.5. The van der Waals surface area contributed by atoms with Crippen molar-refractivity contribution in [3.05, 3.63) is 168 Å². The highest BCUT2D eigenvalue weighted by molar-refractivity contribution is 6.01. The summed E-state index contributed by atoms with van der Waals surface area (Å²) in [6, 6.07) is 47.9. The Morgan fingerprint density at radius 1 is 0.467 bits per heavy atom. The standard InChI is InChI=1S/C53H44N4O3/c1-59-47-31-22-38(32-48(47)60-2)53(58)37-20-18-36(19-21-37)52-45-29-27-43(56-45)50(34-14-8-4-9-15-34)41-25-23-39(54-41)49(33-12-6-3-7-13-33)40-24-26-42(55-40)51(35-16-10-5-11-17-35)44-28-30-46(52)57-44/h3-21,23-30,38,47-48,54,57H,22,31-32H2,1-2H3. The van der Waals surface area contributed by atoms with Crippen molar-refractivity contribution in [1.82, 2.24) is 19.9 Å². The number of methoxy groups -OCH3 is 2. The lowest BCUT2D eigenvalue weighted by Gasteiger charge is -2.33. The van der Waals surface area contributed by atoms with Gasteiger partial charge in [-0.05, 0) is 90.1 Å². The fraction of sp³-hybridized carbons (Fsp3) is 0.151. The van der Waals surface area contributed by atoms with Crippen molar-refractivity contribution < 1.29 is 14.3 Å². The van der Waals surface area contributed by atoms with Crippen LogP contribution >= 0.6 is 0 Å². The van der Waals surface area contributed by atoms with E-state index >= 15 is 0 Å². The van der Waals surface area contributed by atoms with Crippen molar-refractivity contribution in [3.8, 4) is 44.5 Å². The van der Waals surface area contributed by atoms with Gasteiger partial charge in [0, 0.05) is 70.0 Å². The summed E-state index contributed by atoms with van der Waals surface area (Å²) in [4.78, 5) is 32.4. The van der Waals surface area contributed by atoms with Crippen molar-refractivity contribution in [1.29, 1.82) is 0 Å². The second kappa shape index (κ2) is 16.0. The Labute approximate surface area is 349 Å². The molecule has 1 saturated carbocycles. The van der Waals surface area contributed by atoms with Crippen molar-refractivity contribution >= 4 is 52.2 Å². The van der Waals surface area contributed by atoms with Gasteiger partial charge in [0.05, 0.1) is 35.0 Å². The number of carbonyl (C=O) groups excluding carboxylic acids is 1. The normalized spacial score (nSPS) is 17.2. The number of aromatic amines is 2. The van der Waals surface area contributed by atoms with Crippen LogP contribution in [-0.4, -0.2) is 52.1 Å². The molecule has 2 aliphatic heterocycles. The van der Waals surface area contributed by atoms with Crippen LogP contribution in [0.3, 0.4) is 0 Å². The molecule has 60 heavy (non-hydrogen) atoms. The van der Waals surface area contributed by atoms with Gasteiger partial charge in [0.15, 0.2) is 5.78 Å². The lowest BCUT2D eigenvalue weighted by Crippen LogP contribution is -2.38. The monoisotopic (exact) mass is 784 g/mol. The van der Waals surface area contributed by atoms with Gasteiger partial charge in [0.2, 0.25) is 0 Å². The maximum atomic E-state index is 13.9. The number of aromatic nitrogens is 4. The van der Waals surface area contributed by atoms with Crippen LogP contribution in [0.2, 0.25) is 0 Å². The Morgan fingerprint density at radius 2 is 0.833 bits per heavy atom. The Hall–Kier alpha value is -6.93. The molecule has 5 heterocycles. The third-order valence-corrected chi connectivity index (χ3v) is 12.1.